The summed E-state index contributed by atoms with van der Waals surface area (Å²) in [6, 6.07) is 3.84. The number of benzene rings is 1. The summed E-state index contributed by atoms with van der Waals surface area (Å²) in [5.41, 5.74) is -0.622. The topological polar surface area (TPSA) is 105 Å². The van der Waals surface area contributed by atoms with Crippen LogP contribution in [0.1, 0.15) is 19.8 Å². The number of hydrogen-bond donors (Lipinski definition) is 2. The Morgan fingerprint density at radius 3 is 2.48 bits per heavy atom. The number of ether oxygens (including phenoxy) is 1. The first kappa shape index (κ1) is 19.4. The van der Waals surface area contributed by atoms with Crippen LogP contribution < -0.4 is 10.6 Å². The maximum Gasteiger partial charge on any atom is 0.326 e. The minimum atomic E-state index is -0.972. The van der Waals surface area contributed by atoms with Crippen LogP contribution in [0.2, 0.25) is 10.0 Å². The van der Waals surface area contributed by atoms with Crippen molar-refractivity contribution in [2.24, 2.45) is 5.92 Å². The number of urea groups is 1. The van der Waals surface area contributed by atoms with Gasteiger partial charge in [0.05, 0.1) is 0 Å². The molecule has 1 heterocycles. The lowest BCUT2D eigenvalue weighted by Gasteiger charge is -2.20. The molecule has 1 atom stereocenters. The highest BCUT2D eigenvalue weighted by Crippen LogP contribution is 2.42. The molecule has 8 nitrogen and oxygen atoms in total. The van der Waals surface area contributed by atoms with Crippen molar-refractivity contribution in [1.29, 1.82) is 0 Å². The van der Waals surface area contributed by atoms with Crippen LogP contribution in [0.4, 0.5) is 10.5 Å². The molecule has 4 amide bonds. The predicted molar refractivity (Wildman–Crippen MR) is 97.4 cm³/mol. The highest BCUT2D eigenvalue weighted by Gasteiger charge is 2.56. The van der Waals surface area contributed by atoms with Gasteiger partial charge in [-0.25, -0.2) is 4.79 Å². The van der Waals surface area contributed by atoms with Crippen LogP contribution in [-0.4, -0.2) is 47.4 Å². The summed E-state index contributed by atoms with van der Waals surface area (Å²) in [5.74, 6) is -1.84. The molecule has 0 spiro atoms. The van der Waals surface area contributed by atoms with Gasteiger partial charge in [-0.15, -0.1) is 0 Å². The van der Waals surface area contributed by atoms with E-state index in [1.165, 1.54) is 18.2 Å². The Hall–Kier alpha value is -2.32. The Bertz CT molecular complexity index is 807. The zero-order chi connectivity index (χ0) is 19.8. The second-order valence-corrected chi connectivity index (χ2v) is 7.54. The molecule has 0 bridgehead atoms. The Balaban J connectivity index is 1.50. The third kappa shape index (κ3) is 4.33. The normalized spacial score (nSPS) is 21.8. The van der Waals surface area contributed by atoms with Gasteiger partial charge in [-0.2, -0.15) is 0 Å². The molecule has 0 radical (unpaired) electrons. The monoisotopic (exact) mass is 413 g/mol. The van der Waals surface area contributed by atoms with Gasteiger partial charge in [0, 0.05) is 15.7 Å². The van der Waals surface area contributed by atoms with Crippen LogP contribution in [0.5, 0.6) is 0 Å². The average molecular weight is 414 g/mol. The Morgan fingerprint density at radius 1 is 1.26 bits per heavy atom. The van der Waals surface area contributed by atoms with Gasteiger partial charge in [-0.05, 0) is 43.9 Å². The molecule has 10 heteroatoms. The van der Waals surface area contributed by atoms with Crippen molar-refractivity contribution in [3.05, 3.63) is 28.2 Å². The molecule has 2 fully saturated rings. The van der Waals surface area contributed by atoms with E-state index in [1.807, 2.05) is 0 Å². The van der Waals surface area contributed by atoms with Crippen LogP contribution >= 0.6 is 23.2 Å². The lowest BCUT2D eigenvalue weighted by Crippen LogP contribution is -2.46. The summed E-state index contributed by atoms with van der Waals surface area (Å²) in [6.45, 7) is 0.523. The standard InChI is InChI=1S/C17H17Cl2N3O5/c1-17(9-2-3-9)15(25)22(16(26)21-17)7-14(24)27-8-13(23)20-12-5-10(18)4-11(19)6-12/h4-6,9H,2-3,7-8H2,1H3,(H,20,23)(H,21,26)/t17-/m1/s1. The number of amides is 4. The van der Waals surface area contributed by atoms with E-state index < -0.39 is 42.5 Å². The van der Waals surface area contributed by atoms with Gasteiger partial charge in [-0.1, -0.05) is 23.2 Å². The lowest BCUT2D eigenvalue weighted by molar-refractivity contribution is -0.150. The van der Waals surface area contributed by atoms with Crippen molar-refractivity contribution in [1.82, 2.24) is 10.2 Å². The van der Waals surface area contributed by atoms with E-state index in [1.54, 1.807) is 6.92 Å². The molecule has 144 valence electrons. The van der Waals surface area contributed by atoms with Crippen LogP contribution in [0, 0.1) is 5.92 Å². The van der Waals surface area contributed by atoms with Gasteiger partial charge in [-0.3, -0.25) is 19.3 Å². The van der Waals surface area contributed by atoms with E-state index in [2.05, 4.69) is 10.6 Å². The van der Waals surface area contributed by atoms with Gasteiger partial charge < -0.3 is 15.4 Å². The quantitative estimate of drug-likeness (QED) is 0.549. The number of nitrogens with one attached hydrogen (secondary N) is 2. The van der Waals surface area contributed by atoms with E-state index in [0.717, 1.165) is 17.7 Å². The Labute approximate surface area is 165 Å². The van der Waals surface area contributed by atoms with Gasteiger partial charge in [0.25, 0.3) is 11.8 Å². The molecule has 1 aromatic carbocycles. The minimum absolute atomic E-state index is 0.0882. The summed E-state index contributed by atoms with van der Waals surface area (Å²) in [4.78, 5) is 49.0. The molecular weight excluding hydrogens is 397 g/mol. The van der Waals surface area contributed by atoms with E-state index in [9.17, 15) is 19.2 Å². The van der Waals surface area contributed by atoms with E-state index >= 15 is 0 Å². The second kappa shape index (κ2) is 7.36. The van der Waals surface area contributed by atoms with Gasteiger partial charge in [0.1, 0.15) is 12.1 Å². The molecule has 1 aromatic rings. The number of anilines is 1. The summed E-state index contributed by atoms with van der Waals surface area (Å²) >= 11 is 11.7. The third-order valence-electron chi connectivity index (χ3n) is 4.49. The third-order valence-corrected chi connectivity index (χ3v) is 4.93. The zero-order valence-corrected chi connectivity index (χ0v) is 15.9. The molecule has 0 unspecified atom stereocenters. The zero-order valence-electron chi connectivity index (χ0n) is 14.4. The number of imide groups is 1. The van der Waals surface area contributed by atoms with Crippen molar-refractivity contribution in [2.45, 2.75) is 25.3 Å². The fraction of sp³-hybridized carbons (Fsp3) is 0.412. The number of halogens is 2. The van der Waals surface area contributed by atoms with Gasteiger partial charge in [0.2, 0.25) is 0 Å². The highest BCUT2D eigenvalue weighted by atomic mass is 35.5. The Kier molecular flexibility index (Phi) is 5.30. The fourth-order valence-corrected chi connectivity index (χ4v) is 3.47. The first-order chi connectivity index (χ1) is 12.7. The molecule has 1 aliphatic carbocycles. The van der Waals surface area contributed by atoms with Crippen molar-refractivity contribution in [2.75, 3.05) is 18.5 Å². The largest absolute Gasteiger partial charge is 0.454 e. The van der Waals surface area contributed by atoms with Gasteiger partial charge in [0.15, 0.2) is 6.61 Å². The highest BCUT2D eigenvalue weighted by molar-refractivity contribution is 6.35. The summed E-state index contributed by atoms with van der Waals surface area (Å²) < 4.78 is 4.85. The number of nitrogens with zero attached hydrogens (tertiary/aromatic N) is 1. The maximum absolute atomic E-state index is 12.4. The molecule has 27 heavy (non-hydrogen) atoms. The van der Waals surface area contributed by atoms with E-state index in [-0.39, 0.29) is 5.92 Å². The summed E-state index contributed by atoms with van der Waals surface area (Å²) in [5, 5.41) is 5.79. The van der Waals surface area contributed by atoms with Crippen molar-refractivity contribution in [3.8, 4) is 0 Å². The maximum atomic E-state index is 12.4. The van der Waals surface area contributed by atoms with Gasteiger partial charge >= 0.3 is 12.0 Å². The molecule has 1 aliphatic heterocycles. The van der Waals surface area contributed by atoms with Crippen LogP contribution in [-0.2, 0) is 19.1 Å². The molecule has 2 N–H and O–H groups in total. The molecule has 1 saturated carbocycles. The molecular formula is C17H17Cl2N3O5. The average Bonchev–Trinajstić information content (AvgIpc) is 3.38. The van der Waals surface area contributed by atoms with Crippen LogP contribution in [0.3, 0.4) is 0 Å². The number of carbonyl (C=O) groups excluding carboxylic acids is 4. The van der Waals surface area contributed by atoms with E-state index in [4.69, 9.17) is 27.9 Å². The molecule has 2 aliphatic rings. The number of carbonyl (C=O) groups is 4. The Morgan fingerprint density at radius 2 is 1.89 bits per heavy atom. The SMILES string of the molecule is C[C@]1(C2CC2)NC(=O)N(CC(=O)OCC(=O)Nc2cc(Cl)cc(Cl)c2)C1=O. The smallest absolute Gasteiger partial charge is 0.326 e. The van der Waals surface area contributed by atoms with E-state index in [0.29, 0.717) is 15.7 Å². The summed E-state index contributed by atoms with van der Waals surface area (Å²) in [7, 11) is 0. The fourth-order valence-electron chi connectivity index (χ4n) is 2.94. The number of rotatable bonds is 6. The molecule has 0 aromatic heterocycles. The first-order valence-corrected chi connectivity index (χ1v) is 9.00. The second-order valence-electron chi connectivity index (χ2n) is 6.67. The van der Waals surface area contributed by atoms with Crippen molar-refractivity contribution in [3.63, 3.8) is 0 Å². The van der Waals surface area contributed by atoms with Crippen molar-refractivity contribution >= 4 is 52.7 Å². The number of esters is 1. The molecule has 1 saturated heterocycles. The summed E-state index contributed by atoms with van der Waals surface area (Å²) in [6.07, 6.45) is 1.71. The minimum Gasteiger partial charge on any atom is -0.454 e. The lowest BCUT2D eigenvalue weighted by atomic mass is 9.96. The number of hydrogen-bond acceptors (Lipinski definition) is 5. The van der Waals surface area contributed by atoms with Crippen molar-refractivity contribution < 1.29 is 23.9 Å². The molecule has 3 rings (SSSR count). The van der Waals surface area contributed by atoms with Crippen LogP contribution in [0.25, 0.3) is 0 Å². The first-order valence-electron chi connectivity index (χ1n) is 8.25. The van der Waals surface area contributed by atoms with Crippen LogP contribution in [0.15, 0.2) is 18.2 Å². The predicted octanol–water partition coefficient (Wildman–Crippen LogP) is 2.20.